The lowest BCUT2D eigenvalue weighted by molar-refractivity contribution is 0.309. The summed E-state index contributed by atoms with van der Waals surface area (Å²) >= 11 is 0. The van der Waals surface area contributed by atoms with Crippen molar-refractivity contribution in [2.45, 2.75) is 39.7 Å². The second-order valence-electron chi connectivity index (χ2n) is 5.39. The SMILES string of the molecule is CCCCOc1ccc(-c2ccc(C(C)N)c(C)n2)cc1. The van der Waals surface area contributed by atoms with Gasteiger partial charge in [0, 0.05) is 17.3 Å². The zero-order valence-electron chi connectivity index (χ0n) is 13.1. The molecule has 0 aliphatic rings. The number of benzene rings is 1. The van der Waals surface area contributed by atoms with E-state index in [0.29, 0.717) is 0 Å². The number of aromatic nitrogens is 1. The maximum atomic E-state index is 5.92. The van der Waals surface area contributed by atoms with Crippen LogP contribution in [-0.4, -0.2) is 11.6 Å². The minimum atomic E-state index is 0.0147. The van der Waals surface area contributed by atoms with Gasteiger partial charge in [-0.15, -0.1) is 0 Å². The lowest BCUT2D eigenvalue weighted by Crippen LogP contribution is -2.08. The summed E-state index contributed by atoms with van der Waals surface area (Å²) in [6.45, 7) is 6.92. The van der Waals surface area contributed by atoms with Crippen molar-refractivity contribution in [3.8, 4) is 17.0 Å². The third kappa shape index (κ3) is 4.05. The summed E-state index contributed by atoms with van der Waals surface area (Å²) in [5.74, 6) is 0.913. The highest BCUT2D eigenvalue weighted by Crippen LogP contribution is 2.23. The van der Waals surface area contributed by atoms with Crippen LogP contribution in [0, 0.1) is 6.92 Å². The Balaban J connectivity index is 2.13. The van der Waals surface area contributed by atoms with Crippen LogP contribution in [0.2, 0.25) is 0 Å². The van der Waals surface area contributed by atoms with Crippen molar-refractivity contribution in [2.75, 3.05) is 6.61 Å². The minimum Gasteiger partial charge on any atom is -0.494 e. The lowest BCUT2D eigenvalue weighted by atomic mass is 10.0. The maximum Gasteiger partial charge on any atom is 0.119 e. The molecule has 112 valence electrons. The molecule has 2 aromatic rings. The molecule has 0 aliphatic heterocycles. The molecular weight excluding hydrogens is 260 g/mol. The first-order valence-corrected chi connectivity index (χ1v) is 7.58. The molecule has 1 aromatic carbocycles. The largest absolute Gasteiger partial charge is 0.494 e. The topological polar surface area (TPSA) is 48.1 Å². The van der Waals surface area contributed by atoms with Crippen LogP contribution in [0.5, 0.6) is 5.75 Å². The first kappa shape index (κ1) is 15.5. The van der Waals surface area contributed by atoms with E-state index in [1.165, 1.54) is 0 Å². The summed E-state index contributed by atoms with van der Waals surface area (Å²) in [6, 6.07) is 12.2. The Morgan fingerprint density at radius 2 is 1.86 bits per heavy atom. The van der Waals surface area contributed by atoms with Gasteiger partial charge >= 0.3 is 0 Å². The van der Waals surface area contributed by atoms with E-state index in [4.69, 9.17) is 10.5 Å². The predicted molar refractivity (Wildman–Crippen MR) is 87.4 cm³/mol. The molecular formula is C18H24N2O. The first-order valence-electron chi connectivity index (χ1n) is 7.58. The quantitative estimate of drug-likeness (QED) is 0.806. The fourth-order valence-corrected chi connectivity index (χ4v) is 2.27. The van der Waals surface area contributed by atoms with Gasteiger partial charge in [-0.3, -0.25) is 4.98 Å². The van der Waals surface area contributed by atoms with E-state index in [1.54, 1.807) is 0 Å². The molecule has 2 N–H and O–H groups in total. The average molecular weight is 284 g/mol. The molecule has 0 bridgehead atoms. The maximum absolute atomic E-state index is 5.92. The molecule has 3 heteroatoms. The molecule has 1 heterocycles. The van der Waals surface area contributed by atoms with Crippen LogP contribution in [0.1, 0.15) is 44.0 Å². The van der Waals surface area contributed by atoms with Gasteiger partial charge in [-0.25, -0.2) is 0 Å². The first-order chi connectivity index (χ1) is 10.1. The number of unbranched alkanes of at least 4 members (excludes halogenated alkanes) is 1. The van der Waals surface area contributed by atoms with Crippen molar-refractivity contribution in [1.82, 2.24) is 4.98 Å². The third-order valence-electron chi connectivity index (χ3n) is 3.53. The molecule has 0 spiro atoms. The molecule has 0 fully saturated rings. The van der Waals surface area contributed by atoms with Crippen LogP contribution in [0.15, 0.2) is 36.4 Å². The predicted octanol–water partition coefficient (Wildman–Crippen LogP) is 4.26. The number of rotatable bonds is 6. The van der Waals surface area contributed by atoms with Crippen LogP contribution in [0.25, 0.3) is 11.3 Å². The van der Waals surface area contributed by atoms with E-state index in [2.05, 4.69) is 30.1 Å². The van der Waals surface area contributed by atoms with E-state index < -0.39 is 0 Å². The van der Waals surface area contributed by atoms with Crippen molar-refractivity contribution in [3.05, 3.63) is 47.7 Å². The average Bonchev–Trinajstić information content (AvgIpc) is 2.48. The molecule has 0 radical (unpaired) electrons. The fourth-order valence-electron chi connectivity index (χ4n) is 2.27. The minimum absolute atomic E-state index is 0.0147. The monoisotopic (exact) mass is 284 g/mol. The van der Waals surface area contributed by atoms with Gasteiger partial charge in [0.25, 0.3) is 0 Å². The van der Waals surface area contributed by atoms with Gasteiger partial charge in [-0.05, 0) is 56.2 Å². The highest BCUT2D eigenvalue weighted by atomic mass is 16.5. The van der Waals surface area contributed by atoms with Crippen molar-refractivity contribution in [1.29, 1.82) is 0 Å². The van der Waals surface area contributed by atoms with Crippen molar-refractivity contribution < 1.29 is 4.74 Å². The summed E-state index contributed by atoms with van der Waals surface area (Å²) in [7, 11) is 0. The Labute approximate surface area is 127 Å². The summed E-state index contributed by atoms with van der Waals surface area (Å²) in [5, 5.41) is 0. The molecule has 1 atom stereocenters. The number of nitrogens with two attached hydrogens (primary N) is 1. The van der Waals surface area contributed by atoms with Gasteiger partial charge in [-0.1, -0.05) is 19.4 Å². The molecule has 21 heavy (non-hydrogen) atoms. The van der Waals surface area contributed by atoms with Crippen LogP contribution in [0.3, 0.4) is 0 Å². The zero-order chi connectivity index (χ0) is 15.2. The standard InChI is InChI=1S/C18H24N2O/c1-4-5-12-21-16-8-6-15(7-9-16)18-11-10-17(13(2)19)14(3)20-18/h6-11,13H,4-5,12,19H2,1-3H3. The Morgan fingerprint density at radius 1 is 1.14 bits per heavy atom. The summed E-state index contributed by atoms with van der Waals surface area (Å²) < 4.78 is 5.67. The van der Waals surface area contributed by atoms with E-state index in [1.807, 2.05) is 32.0 Å². The number of hydrogen-bond donors (Lipinski definition) is 1. The molecule has 1 aromatic heterocycles. The van der Waals surface area contributed by atoms with E-state index in [-0.39, 0.29) is 6.04 Å². The van der Waals surface area contributed by atoms with Gasteiger partial charge in [0.1, 0.15) is 5.75 Å². The van der Waals surface area contributed by atoms with Crippen LogP contribution in [0.4, 0.5) is 0 Å². The van der Waals surface area contributed by atoms with Crippen LogP contribution in [-0.2, 0) is 0 Å². The molecule has 3 nitrogen and oxygen atoms in total. The van der Waals surface area contributed by atoms with Crippen LogP contribution < -0.4 is 10.5 Å². The van der Waals surface area contributed by atoms with Crippen molar-refractivity contribution in [2.24, 2.45) is 5.73 Å². The van der Waals surface area contributed by atoms with Crippen molar-refractivity contribution in [3.63, 3.8) is 0 Å². The molecule has 0 saturated carbocycles. The number of aryl methyl sites for hydroxylation is 1. The summed E-state index contributed by atoms with van der Waals surface area (Å²) in [5.41, 5.74) is 10.1. The highest BCUT2D eigenvalue weighted by Gasteiger charge is 2.07. The second-order valence-corrected chi connectivity index (χ2v) is 5.39. The Morgan fingerprint density at radius 3 is 2.43 bits per heavy atom. The highest BCUT2D eigenvalue weighted by molar-refractivity contribution is 5.60. The number of nitrogens with zero attached hydrogens (tertiary/aromatic N) is 1. The lowest BCUT2D eigenvalue weighted by Gasteiger charge is -2.11. The number of pyridine rings is 1. The van der Waals surface area contributed by atoms with Gasteiger partial charge in [0.05, 0.1) is 12.3 Å². The molecule has 2 rings (SSSR count). The van der Waals surface area contributed by atoms with Crippen molar-refractivity contribution >= 4 is 0 Å². The molecule has 0 aliphatic carbocycles. The third-order valence-corrected chi connectivity index (χ3v) is 3.53. The summed E-state index contributed by atoms with van der Waals surface area (Å²) in [4.78, 5) is 4.65. The number of hydrogen-bond acceptors (Lipinski definition) is 3. The van der Waals surface area contributed by atoms with E-state index in [9.17, 15) is 0 Å². The van der Waals surface area contributed by atoms with E-state index in [0.717, 1.165) is 47.7 Å². The molecule has 1 unspecified atom stereocenters. The number of ether oxygens (including phenoxy) is 1. The van der Waals surface area contributed by atoms with Crippen LogP contribution >= 0.6 is 0 Å². The zero-order valence-corrected chi connectivity index (χ0v) is 13.1. The molecule has 0 amide bonds. The molecule has 0 saturated heterocycles. The second kappa shape index (κ2) is 7.23. The summed E-state index contributed by atoms with van der Waals surface area (Å²) in [6.07, 6.45) is 2.23. The Hall–Kier alpha value is -1.87. The van der Waals surface area contributed by atoms with Gasteiger partial charge in [0.2, 0.25) is 0 Å². The van der Waals surface area contributed by atoms with Gasteiger partial charge in [-0.2, -0.15) is 0 Å². The Kier molecular flexibility index (Phi) is 5.34. The van der Waals surface area contributed by atoms with Gasteiger partial charge in [0.15, 0.2) is 0 Å². The smallest absolute Gasteiger partial charge is 0.119 e. The Bertz CT molecular complexity index is 576. The fraction of sp³-hybridized carbons (Fsp3) is 0.389. The van der Waals surface area contributed by atoms with Gasteiger partial charge < -0.3 is 10.5 Å². The van der Waals surface area contributed by atoms with E-state index >= 15 is 0 Å². The normalized spacial score (nSPS) is 12.2.